The van der Waals surface area contributed by atoms with Crippen LogP contribution >= 0.6 is 11.3 Å². The van der Waals surface area contributed by atoms with Gasteiger partial charge in [0.15, 0.2) is 0 Å². The lowest BCUT2D eigenvalue weighted by atomic mass is 9.73. The lowest BCUT2D eigenvalue weighted by Crippen LogP contribution is -2.34. The third-order valence-electron chi connectivity index (χ3n) is 3.77. The molecular weight excluding hydrogens is 234 g/mol. The summed E-state index contributed by atoms with van der Waals surface area (Å²) in [6.45, 7) is 0. The molecule has 0 atom stereocenters. The van der Waals surface area contributed by atoms with Crippen molar-refractivity contribution in [2.24, 2.45) is 5.41 Å². The van der Waals surface area contributed by atoms with Crippen molar-refractivity contribution in [1.82, 2.24) is 4.98 Å². The van der Waals surface area contributed by atoms with Gasteiger partial charge in [-0.1, -0.05) is 32.1 Å². The molecule has 1 N–H and O–H groups in total. The molecular formula is C13H19NO2S. The van der Waals surface area contributed by atoms with Gasteiger partial charge < -0.3 is 5.11 Å². The highest BCUT2D eigenvalue weighted by atomic mass is 32.1. The van der Waals surface area contributed by atoms with Gasteiger partial charge in [-0.2, -0.15) is 0 Å². The average molecular weight is 253 g/mol. The van der Waals surface area contributed by atoms with Crippen LogP contribution in [0.25, 0.3) is 0 Å². The number of carbonyl (C=O) groups is 1. The van der Waals surface area contributed by atoms with Crippen LogP contribution in [-0.4, -0.2) is 16.1 Å². The van der Waals surface area contributed by atoms with Crippen molar-refractivity contribution in [3.8, 4) is 0 Å². The van der Waals surface area contributed by atoms with Gasteiger partial charge in [0.2, 0.25) is 0 Å². The smallest absolute Gasteiger partial charge is 0.310 e. The molecule has 1 saturated carbocycles. The number of carboxylic acid groups (broad SMARTS) is 1. The van der Waals surface area contributed by atoms with Crippen LogP contribution in [0.4, 0.5) is 0 Å². The number of hydrogen-bond donors (Lipinski definition) is 1. The first kappa shape index (κ1) is 12.6. The van der Waals surface area contributed by atoms with Crippen LogP contribution in [0.1, 0.15) is 50.6 Å². The Hall–Kier alpha value is -0.900. The lowest BCUT2D eigenvalue weighted by Gasteiger charge is -2.30. The zero-order chi connectivity index (χ0) is 12.1. The number of hydrogen-bond acceptors (Lipinski definition) is 3. The Bertz CT molecular complexity index is 354. The Morgan fingerprint density at radius 1 is 1.29 bits per heavy atom. The second-order valence-corrected chi connectivity index (χ2v) is 5.73. The van der Waals surface area contributed by atoms with E-state index < -0.39 is 11.4 Å². The van der Waals surface area contributed by atoms with Crippen molar-refractivity contribution in [3.05, 3.63) is 16.6 Å². The number of nitrogens with zero attached hydrogens (tertiary/aromatic N) is 1. The van der Waals surface area contributed by atoms with Gasteiger partial charge in [-0.25, -0.2) is 4.98 Å². The van der Waals surface area contributed by atoms with E-state index in [-0.39, 0.29) is 0 Å². The average Bonchev–Trinajstić information content (AvgIpc) is 2.74. The molecule has 2 rings (SSSR count). The Labute approximate surface area is 106 Å². The summed E-state index contributed by atoms with van der Waals surface area (Å²) in [6, 6.07) is 0. The van der Waals surface area contributed by atoms with Gasteiger partial charge in [0.25, 0.3) is 0 Å². The molecule has 0 aliphatic heterocycles. The van der Waals surface area contributed by atoms with Gasteiger partial charge in [0, 0.05) is 11.8 Å². The number of aliphatic carboxylic acids is 1. The fourth-order valence-electron chi connectivity index (χ4n) is 2.72. The topological polar surface area (TPSA) is 50.2 Å². The summed E-state index contributed by atoms with van der Waals surface area (Å²) in [5.74, 6) is -0.632. The second kappa shape index (κ2) is 5.63. The maximum absolute atomic E-state index is 11.6. The first-order valence-corrected chi connectivity index (χ1v) is 7.28. The van der Waals surface area contributed by atoms with E-state index in [2.05, 4.69) is 4.98 Å². The quantitative estimate of drug-likeness (QED) is 0.897. The fourth-order valence-corrected chi connectivity index (χ4v) is 3.28. The first-order valence-electron chi connectivity index (χ1n) is 6.33. The van der Waals surface area contributed by atoms with E-state index in [0.717, 1.165) is 31.4 Å². The summed E-state index contributed by atoms with van der Waals surface area (Å²) >= 11 is 1.54. The molecule has 94 valence electrons. The maximum atomic E-state index is 11.6. The third kappa shape index (κ3) is 3.06. The highest BCUT2D eigenvalue weighted by molar-refractivity contribution is 7.07. The largest absolute Gasteiger partial charge is 0.481 e. The van der Waals surface area contributed by atoms with Crippen molar-refractivity contribution in [2.45, 2.75) is 51.4 Å². The van der Waals surface area contributed by atoms with Crippen LogP contribution in [0.5, 0.6) is 0 Å². The van der Waals surface area contributed by atoms with Gasteiger partial charge in [0.05, 0.1) is 16.6 Å². The molecule has 0 saturated heterocycles. The minimum Gasteiger partial charge on any atom is -0.481 e. The third-order valence-corrected chi connectivity index (χ3v) is 4.40. The standard InChI is InChI=1S/C13H19NO2S/c15-12(16)13(8-11-9-17-10-14-11)6-4-2-1-3-5-7-13/h9-10H,1-8H2,(H,15,16). The Balaban J connectivity index is 2.14. The van der Waals surface area contributed by atoms with Gasteiger partial charge in [-0.05, 0) is 12.8 Å². The number of thiazole rings is 1. The molecule has 1 fully saturated rings. The van der Waals surface area contributed by atoms with Gasteiger partial charge >= 0.3 is 5.97 Å². The molecule has 1 aromatic rings. The van der Waals surface area contributed by atoms with Gasteiger partial charge in [-0.15, -0.1) is 11.3 Å². The highest BCUT2D eigenvalue weighted by Gasteiger charge is 2.38. The number of aromatic nitrogens is 1. The van der Waals surface area contributed by atoms with Gasteiger partial charge in [-0.3, -0.25) is 4.79 Å². The minimum atomic E-state index is -0.632. The van der Waals surface area contributed by atoms with E-state index in [1.165, 1.54) is 19.3 Å². The summed E-state index contributed by atoms with van der Waals surface area (Å²) in [7, 11) is 0. The SMILES string of the molecule is O=C(O)C1(Cc2cscn2)CCCCCCC1. The zero-order valence-corrected chi connectivity index (χ0v) is 10.8. The Morgan fingerprint density at radius 3 is 2.47 bits per heavy atom. The number of carboxylic acids is 1. The van der Waals surface area contributed by atoms with E-state index >= 15 is 0 Å². The van der Waals surface area contributed by atoms with Crippen LogP contribution < -0.4 is 0 Å². The molecule has 1 aliphatic carbocycles. The van der Waals surface area contributed by atoms with E-state index in [4.69, 9.17) is 0 Å². The molecule has 0 unspecified atom stereocenters. The zero-order valence-electron chi connectivity index (χ0n) is 10.0. The van der Waals surface area contributed by atoms with Crippen molar-refractivity contribution < 1.29 is 9.90 Å². The normalized spacial score (nSPS) is 20.5. The Kier molecular flexibility index (Phi) is 4.15. The molecule has 0 radical (unpaired) electrons. The molecule has 0 aromatic carbocycles. The van der Waals surface area contributed by atoms with Crippen molar-refractivity contribution >= 4 is 17.3 Å². The van der Waals surface area contributed by atoms with Crippen molar-refractivity contribution in [2.75, 3.05) is 0 Å². The molecule has 17 heavy (non-hydrogen) atoms. The van der Waals surface area contributed by atoms with Crippen LogP contribution in [0.15, 0.2) is 10.9 Å². The van der Waals surface area contributed by atoms with E-state index in [9.17, 15) is 9.90 Å². The summed E-state index contributed by atoms with van der Waals surface area (Å²) in [5, 5.41) is 11.6. The fraction of sp³-hybridized carbons (Fsp3) is 0.692. The molecule has 0 bridgehead atoms. The summed E-state index contributed by atoms with van der Waals surface area (Å²) in [5.41, 5.74) is 2.17. The monoisotopic (exact) mass is 253 g/mol. The highest BCUT2D eigenvalue weighted by Crippen LogP contribution is 2.37. The molecule has 1 heterocycles. The van der Waals surface area contributed by atoms with Crippen LogP contribution in [0.2, 0.25) is 0 Å². The second-order valence-electron chi connectivity index (χ2n) is 5.01. The predicted molar refractivity (Wildman–Crippen MR) is 68.2 cm³/mol. The van der Waals surface area contributed by atoms with Crippen LogP contribution in [0.3, 0.4) is 0 Å². The van der Waals surface area contributed by atoms with Crippen molar-refractivity contribution in [1.29, 1.82) is 0 Å². The molecule has 1 aliphatic rings. The summed E-state index contributed by atoms with van der Waals surface area (Å²) < 4.78 is 0. The molecule has 0 spiro atoms. The molecule has 4 heteroatoms. The van der Waals surface area contributed by atoms with E-state index in [1.54, 1.807) is 16.8 Å². The van der Waals surface area contributed by atoms with Crippen LogP contribution in [-0.2, 0) is 11.2 Å². The number of rotatable bonds is 3. The molecule has 1 aromatic heterocycles. The summed E-state index contributed by atoms with van der Waals surface area (Å²) in [4.78, 5) is 15.9. The van der Waals surface area contributed by atoms with E-state index in [0.29, 0.717) is 6.42 Å². The molecule has 3 nitrogen and oxygen atoms in total. The molecule has 0 amide bonds. The maximum Gasteiger partial charge on any atom is 0.310 e. The van der Waals surface area contributed by atoms with Gasteiger partial charge in [0.1, 0.15) is 0 Å². The van der Waals surface area contributed by atoms with Crippen molar-refractivity contribution in [3.63, 3.8) is 0 Å². The lowest BCUT2D eigenvalue weighted by molar-refractivity contribution is -0.150. The van der Waals surface area contributed by atoms with Crippen LogP contribution in [0, 0.1) is 5.41 Å². The first-order chi connectivity index (χ1) is 8.23. The Morgan fingerprint density at radius 2 is 1.94 bits per heavy atom. The van der Waals surface area contributed by atoms with E-state index in [1.807, 2.05) is 5.38 Å². The minimum absolute atomic E-state index is 0.561. The predicted octanol–water partition coefficient (Wildman–Crippen LogP) is 3.50. The summed E-state index contributed by atoms with van der Waals surface area (Å²) in [6.07, 6.45) is 7.89.